The van der Waals surface area contributed by atoms with E-state index in [1.54, 1.807) is 7.11 Å². The van der Waals surface area contributed by atoms with Gasteiger partial charge in [0, 0.05) is 13.1 Å². The molecule has 0 aliphatic carbocycles. The highest BCUT2D eigenvalue weighted by Crippen LogP contribution is 2.31. The molecule has 5 heteroatoms. The van der Waals surface area contributed by atoms with Crippen molar-refractivity contribution in [3.63, 3.8) is 0 Å². The molecule has 1 aromatic rings. The Bertz CT molecular complexity index is 472. The van der Waals surface area contributed by atoms with Gasteiger partial charge in [0.15, 0.2) is 11.5 Å². The van der Waals surface area contributed by atoms with Crippen molar-refractivity contribution in [2.45, 2.75) is 6.42 Å². The van der Waals surface area contributed by atoms with Crippen molar-refractivity contribution in [3.05, 3.63) is 23.8 Å². The molecule has 110 valence electrons. The summed E-state index contributed by atoms with van der Waals surface area (Å²) in [6.07, 6.45) is 0.977. The van der Waals surface area contributed by atoms with Crippen LogP contribution < -0.4 is 14.8 Å². The first kappa shape index (κ1) is 14.7. The number of para-hydroxylation sites is 1. The van der Waals surface area contributed by atoms with Crippen LogP contribution in [-0.4, -0.2) is 58.2 Å². The SMILES string of the molecule is COc1cccc(C2=NCCN2)c1OCCCN(C)C. The molecule has 0 spiro atoms. The van der Waals surface area contributed by atoms with Crippen molar-refractivity contribution in [2.24, 2.45) is 4.99 Å². The summed E-state index contributed by atoms with van der Waals surface area (Å²) in [6, 6.07) is 5.89. The first-order chi connectivity index (χ1) is 9.72. The summed E-state index contributed by atoms with van der Waals surface area (Å²) in [5, 5.41) is 3.28. The van der Waals surface area contributed by atoms with Crippen LogP contribution in [0.25, 0.3) is 0 Å². The Morgan fingerprint density at radius 2 is 2.20 bits per heavy atom. The third-order valence-corrected chi connectivity index (χ3v) is 3.12. The molecular formula is C15H23N3O2. The zero-order valence-electron chi connectivity index (χ0n) is 12.5. The van der Waals surface area contributed by atoms with Gasteiger partial charge in [0.25, 0.3) is 0 Å². The molecule has 1 heterocycles. The number of benzene rings is 1. The lowest BCUT2D eigenvalue weighted by Crippen LogP contribution is -2.21. The first-order valence-corrected chi connectivity index (χ1v) is 6.95. The van der Waals surface area contributed by atoms with Crippen LogP contribution in [0.15, 0.2) is 23.2 Å². The molecule has 0 bridgehead atoms. The molecular weight excluding hydrogens is 254 g/mol. The van der Waals surface area contributed by atoms with Crippen LogP contribution in [-0.2, 0) is 0 Å². The molecule has 0 fully saturated rings. The molecule has 20 heavy (non-hydrogen) atoms. The third kappa shape index (κ3) is 3.63. The Balaban J connectivity index is 2.11. The van der Waals surface area contributed by atoms with Crippen molar-refractivity contribution in [1.82, 2.24) is 10.2 Å². The van der Waals surface area contributed by atoms with Crippen molar-refractivity contribution < 1.29 is 9.47 Å². The second kappa shape index (κ2) is 7.14. The minimum atomic E-state index is 0.666. The van der Waals surface area contributed by atoms with Crippen LogP contribution in [0.1, 0.15) is 12.0 Å². The van der Waals surface area contributed by atoms with E-state index in [0.29, 0.717) is 6.61 Å². The summed E-state index contributed by atoms with van der Waals surface area (Å²) >= 11 is 0. The number of ether oxygens (including phenoxy) is 2. The lowest BCUT2D eigenvalue weighted by Gasteiger charge is -2.16. The first-order valence-electron chi connectivity index (χ1n) is 6.95. The predicted octanol–water partition coefficient (Wildman–Crippen LogP) is 1.38. The van der Waals surface area contributed by atoms with Gasteiger partial charge in [0.2, 0.25) is 0 Å². The molecule has 0 atom stereocenters. The van der Waals surface area contributed by atoms with E-state index in [1.807, 2.05) is 18.2 Å². The molecule has 1 N–H and O–H groups in total. The number of hydrogen-bond acceptors (Lipinski definition) is 5. The number of nitrogens with zero attached hydrogens (tertiary/aromatic N) is 2. The average Bonchev–Trinajstić information content (AvgIpc) is 2.97. The quantitative estimate of drug-likeness (QED) is 0.765. The Morgan fingerprint density at radius 3 is 2.85 bits per heavy atom. The molecule has 0 aromatic heterocycles. The zero-order chi connectivity index (χ0) is 14.4. The highest BCUT2D eigenvalue weighted by molar-refractivity contribution is 6.02. The van der Waals surface area contributed by atoms with Gasteiger partial charge in [-0.25, -0.2) is 0 Å². The summed E-state index contributed by atoms with van der Waals surface area (Å²) in [7, 11) is 5.78. The predicted molar refractivity (Wildman–Crippen MR) is 81.1 cm³/mol. The number of amidine groups is 1. The minimum Gasteiger partial charge on any atom is -0.493 e. The summed E-state index contributed by atoms with van der Waals surface area (Å²) in [6.45, 7) is 3.36. The summed E-state index contributed by atoms with van der Waals surface area (Å²) in [4.78, 5) is 6.61. The van der Waals surface area contributed by atoms with Gasteiger partial charge >= 0.3 is 0 Å². The van der Waals surface area contributed by atoms with E-state index in [-0.39, 0.29) is 0 Å². The van der Waals surface area contributed by atoms with Crippen molar-refractivity contribution >= 4 is 5.84 Å². The topological polar surface area (TPSA) is 46.1 Å². The van der Waals surface area contributed by atoms with E-state index in [2.05, 4.69) is 29.3 Å². The Hall–Kier alpha value is -1.75. The molecule has 2 rings (SSSR count). The van der Waals surface area contributed by atoms with Crippen LogP contribution in [0.2, 0.25) is 0 Å². The highest BCUT2D eigenvalue weighted by Gasteiger charge is 2.17. The maximum atomic E-state index is 5.95. The Morgan fingerprint density at radius 1 is 1.35 bits per heavy atom. The fourth-order valence-electron chi connectivity index (χ4n) is 2.15. The van der Waals surface area contributed by atoms with Crippen LogP contribution in [0, 0.1) is 0 Å². The van der Waals surface area contributed by atoms with Gasteiger partial charge in [-0.1, -0.05) is 6.07 Å². The molecule has 0 saturated heterocycles. The van der Waals surface area contributed by atoms with Gasteiger partial charge < -0.3 is 19.7 Å². The molecule has 1 aliphatic rings. The lowest BCUT2D eigenvalue weighted by molar-refractivity contribution is 0.268. The Kier molecular flexibility index (Phi) is 5.24. The fourth-order valence-corrected chi connectivity index (χ4v) is 2.15. The van der Waals surface area contributed by atoms with Gasteiger partial charge in [-0.2, -0.15) is 0 Å². The van der Waals surface area contributed by atoms with E-state index < -0.39 is 0 Å². The van der Waals surface area contributed by atoms with E-state index in [1.165, 1.54) is 0 Å². The van der Waals surface area contributed by atoms with E-state index in [0.717, 1.165) is 49.0 Å². The molecule has 0 amide bonds. The molecule has 0 unspecified atom stereocenters. The minimum absolute atomic E-state index is 0.666. The normalized spacial score (nSPS) is 14.1. The molecule has 0 radical (unpaired) electrons. The second-order valence-electron chi connectivity index (χ2n) is 5.00. The number of methoxy groups -OCH3 is 1. The van der Waals surface area contributed by atoms with Gasteiger partial charge in [-0.15, -0.1) is 0 Å². The zero-order valence-corrected chi connectivity index (χ0v) is 12.5. The smallest absolute Gasteiger partial charge is 0.172 e. The number of nitrogens with one attached hydrogen (secondary N) is 1. The van der Waals surface area contributed by atoms with E-state index >= 15 is 0 Å². The lowest BCUT2D eigenvalue weighted by atomic mass is 10.1. The maximum absolute atomic E-state index is 5.95. The van der Waals surface area contributed by atoms with Crippen molar-refractivity contribution in [2.75, 3.05) is 47.4 Å². The number of hydrogen-bond donors (Lipinski definition) is 1. The maximum Gasteiger partial charge on any atom is 0.172 e. The monoisotopic (exact) mass is 277 g/mol. The van der Waals surface area contributed by atoms with Gasteiger partial charge in [0.05, 0.1) is 25.8 Å². The summed E-state index contributed by atoms with van der Waals surface area (Å²) in [5.41, 5.74) is 0.978. The summed E-state index contributed by atoms with van der Waals surface area (Å²) in [5.74, 6) is 2.43. The van der Waals surface area contributed by atoms with Crippen LogP contribution in [0.3, 0.4) is 0 Å². The largest absolute Gasteiger partial charge is 0.493 e. The second-order valence-corrected chi connectivity index (χ2v) is 5.00. The fraction of sp³-hybridized carbons (Fsp3) is 0.533. The molecule has 5 nitrogen and oxygen atoms in total. The van der Waals surface area contributed by atoms with Gasteiger partial charge in [-0.3, -0.25) is 4.99 Å². The van der Waals surface area contributed by atoms with E-state index in [9.17, 15) is 0 Å². The van der Waals surface area contributed by atoms with Crippen LogP contribution in [0.4, 0.5) is 0 Å². The van der Waals surface area contributed by atoms with Crippen molar-refractivity contribution in [3.8, 4) is 11.5 Å². The van der Waals surface area contributed by atoms with Crippen LogP contribution >= 0.6 is 0 Å². The third-order valence-electron chi connectivity index (χ3n) is 3.12. The molecule has 1 aromatic carbocycles. The van der Waals surface area contributed by atoms with Crippen molar-refractivity contribution in [1.29, 1.82) is 0 Å². The van der Waals surface area contributed by atoms with E-state index in [4.69, 9.17) is 9.47 Å². The standard InChI is InChI=1S/C15H23N3O2/c1-18(2)10-5-11-20-14-12(15-16-8-9-17-15)6-4-7-13(14)19-3/h4,6-7H,5,8-11H2,1-3H3,(H,16,17). The van der Waals surface area contributed by atoms with Gasteiger partial charge in [0.1, 0.15) is 5.84 Å². The highest BCUT2D eigenvalue weighted by atomic mass is 16.5. The van der Waals surface area contributed by atoms with Gasteiger partial charge in [-0.05, 0) is 32.6 Å². The number of aliphatic imine (C=N–C) groups is 1. The molecule has 1 aliphatic heterocycles. The summed E-state index contributed by atoms with van der Waals surface area (Å²) < 4.78 is 11.4. The van der Waals surface area contributed by atoms with Crippen LogP contribution in [0.5, 0.6) is 11.5 Å². The molecule has 0 saturated carbocycles. The average molecular weight is 277 g/mol. The number of rotatable bonds is 7. The Labute approximate surface area is 120 Å².